The quantitative estimate of drug-likeness (QED) is 0.142. The Balaban J connectivity index is 3.26. The standard InChI is InChI=1S/C19H20F5NO2S/c1-6-8-11(7-2)9-25(10-12(26)27-19(3,4)5)28-18-16(23)14(21)13(20)15(22)17(18)24/h6-8H,1-2,9-10H2,3-5H3/b11-8+. The Hall–Kier alpha value is -2.13. The van der Waals surface area contributed by atoms with Gasteiger partial charge in [-0.3, -0.25) is 4.79 Å². The first-order valence-electron chi connectivity index (χ1n) is 8.01. The summed E-state index contributed by atoms with van der Waals surface area (Å²) in [5, 5.41) is 0. The number of ether oxygens (including phenoxy) is 1. The molecule has 0 unspecified atom stereocenters. The molecule has 0 heterocycles. The molecule has 28 heavy (non-hydrogen) atoms. The second kappa shape index (κ2) is 9.88. The Morgan fingerprint density at radius 3 is 1.93 bits per heavy atom. The van der Waals surface area contributed by atoms with Crippen LogP contribution in [0, 0.1) is 29.1 Å². The molecule has 9 heteroatoms. The van der Waals surface area contributed by atoms with Crippen LogP contribution < -0.4 is 0 Å². The van der Waals surface area contributed by atoms with E-state index in [1.165, 1.54) is 18.2 Å². The van der Waals surface area contributed by atoms with Crippen molar-refractivity contribution in [2.75, 3.05) is 13.1 Å². The van der Waals surface area contributed by atoms with E-state index < -0.39 is 52.1 Å². The summed E-state index contributed by atoms with van der Waals surface area (Å²) in [6.07, 6.45) is 4.35. The van der Waals surface area contributed by atoms with Gasteiger partial charge in [-0.2, -0.15) is 0 Å². The van der Waals surface area contributed by atoms with E-state index in [4.69, 9.17) is 4.74 Å². The molecular weight excluding hydrogens is 401 g/mol. The molecule has 0 aliphatic heterocycles. The van der Waals surface area contributed by atoms with Crippen LogP contribution in [0.4, 0.5) is 22.0 Å². The molecule has 0 spiro atoms. The first kappa shape index (κ1) is 23.9. The zero-order valence-corrected chi connectivity index (χ0v) is 16.4. The Morgan fingerprint density at radius 1 is 1.00 bits per heavy atom. The van der Waals surface area contributed by atoms with Gasteiger partial charge < -0.3 is 4.74 Å². The van der Waals surface area contributed by atoms with Crippen LogP contribution in [0.15, 0.2) is 41.9 Å². The lowest BCUT2D eigenvalue weighted by molar-refractivity contribution is -0.154. The van der Waals surface area contributed by atoms with E-state index in [9.17, 15) is 26.7 Å². The molecular formula is C19H20F5NO2S. The van der Waals surface area contributed by atoms with Gasteiger partial charge in [0.1, 0.15) is 17.0 Å². The average molecular weight is 421 g/mol. The highest BCUT2D eigenvalue weighted by atomic mass is 32.2. The number of carbonyl (C=O) groups excluding carboxylic acids is 1. The molecule has 0 radical (unpaired) electrons. The predicted molar refractivity (Wildman–Crippen MR) is 98.0 cm³/mol. The van der Waals surface area contributed by atoms with Gasteiger partial charge in [0.25, 0.3) is 0 Å². The van der Waals surface area contributed by atoms with Crippen LogP contribution in [-0.2, 0) is 9.53 Å². The lowest BCUT2D eigenvalue weighted by atomic mass is 10.2. The number of benzene rings is 1. The minimum absolute atomic E-state index is 0.0983. The summed E-state index contributed by atoms with van der Waals surface area (Å²) < 4.78 is 74.4. The maximum atomic E-state index is 14.0. The molecule has 3 nitrogen and oxygen atoms in total. The number of halogens is 5. The number of hydrogen-bond donors (Lipinski definition) is 0. The topological polar surface area (TPSA) is 29.5 Å². The van der Waals surface area contributed by atoms with Gasteiger partial charge in [-0.25, -0.2) is 26.3 Å². The van der Waals surface area contributed by atoms with Gasteiger partial charge in [0, 0.05) is 6.54 Å². The van der Waals surface area contributed by atoms with Crippen LogP contribution >= 0.6 is 11.9 Å². The predicted octanol–water partition coefficient (Wildman–Crippen LogP) is 5.33. The van der Waals surface area contributed by atoms with Crippen LogP contribution in [0.5, 0.6) is 0 Å². The normalized spacial score (nSPS) is 12.2. The van der Waals surface area contributed by atoms with Gasteiger partial charge in [-0.15, -0.1) is 0 Å². The van der Waals surface area contributed by atoms with Crippen molar-refractivity contribution in [3.63, 3.8) is 0 Å². The van der Waals surface area contributed by atoms with Crippen LogP contribution in [-0.4, -0.2) is 29.0 Å². The van der Waals surface area contributed by atoms with Gasteiger partial charge in [0.15, 0.2) is 23.3 Å². The van der Waals surface area contributed by atoms with E-state index in [0.29, 0.717) is 5.57 Å². The Morgan fingerprint density at radius 2 is 1.50 bits per heavy atom. The smallest absolute Gasteiger partial charge is 0.321 e. The lowest BCUT2D eigenvalue weighted by Gasteiger charge is -2.25. The van der Waals surface area contributed by atoms with Crippen molar-refractivity contribution in [2.45, 2.75) is 31.3 Å². The fourth-order valence-electron chi connectivity index (χ4n) is 1.97. The molecule has 154 valence electrons. The summed E-state index contributed by atoms with van der Waals surface area (Å²) in [7, 11) is 0. The van der Waals surface area contributed by atoms with Crippen LogP contribution in [0.3, 0.4) is 0 Å². The maximum absolute atomic E-state index is 14.0. The third-order valence-electron chi connectivity index (χ3n) is 3.07. The molecule has 1 rings (SSSR count). The number of allylic oxidation sites excluding steroid dienone is 2. The van der Waals surface area contributed by atoms with Crippen molar-refractivity contribution in [1.29, 1.82) is 0 Å². The fourth-order valence-corrected chi connectivity index (χ4v) is 2.95. The first-order chi connectivity index (χ1) is 12.9. The highest BCUT2D eigenvalue weighted by Crippen LogP contribution is 2.33. The van der Waals surface area contributed by atoms with Crippen molar-refractivity contribution >= 4 is 17.9 Å². The number of nitrogens with zero attached hydrogens (tertiary/aromatic N) is 1. The molecule has 1 aromatic carbocycles. The molecule has 0 aromatic heterocycles. The van der Waals surface area contributed by atoms with E-state index in [2.05, 4.69) is 13.2 Å². The van der Waals surface area contributed by atoms with Gasteiger partial charge in [0.05, 0.1) is 0 Å². The van der Waals surface area contributed by atoms with Gasteiger partial charge >= 0.3 is 5.97 Å². The fraction of sp³-hybridized carbons (Fsp3) is 0.316. The molecule has 0 bridgehead atoms. The number of esters is 1. The summed E-state index contributed by atoms with van der Waals surface area (Å²) in [5.74, 6) is -11.1. The molecule has 0 saturated heterocycles. The third-order valence-corrected chi connectivity index (χ3v) is 4.13. The molecule has 0 aliphatic rings. The first-order valence-corrected chi connectivity index (χ1v) is 8.78. The summed E-state index contributed by atoms with van der Waals surface area (Å²) in [6.45, 7) is 11.4. The van der Waals surface area contributed by atoms with Crippen molar-refractivity contribution in [1.82, 2.24) is 4.31 Å². The highest BCUT2D eigenvalue weighted by molar-refractivity contribution is 7.97. The van der Waals surface area contributed by atoms with E-state index in [0.717, 1.165) is 4.31 Å². The van der Waals surface area contributed by atoms with E-state index in [1.54, 1.807) is 20.8 Å². The number of carbonyl (C=O) groups is 1. The monoisotopic (exact) mass is 421 g/mol. The zero-order valence-electron chi connectivity index (χ0n) is 15.6. The Labute approximate surface area is 164 Å². The second-order valence-corrected chi connectivity index (χ2v) is 7.66. The van der Waals surface area contributed by atoms with Crippen LogP contribution in [0.2, 0.25) is 0 Å². The molecule has 0 amide bonds. The largest absolute Gasteiger partial charge is 0.459 e. The molecule has 0 aliphatic carbocycles. The SMILES string of the molecule is C=C/C=C(\C=C)CN(CC(=O)OC(C)(C)C)Sc1c(F)c(F)c(F)c(F)c1F. The van der Waals surface area contributed by atoms with Gasteiger partial charge in [-0.1, -0.05) is 31.4 Å². The van der Waals surface area contributed by atoms with Crippen molar-refractivity contribution < 1.29 is 31.5 Å². The van der Waals surface area contributed by atoms with Gasteiger partial charge in [-0.05, 0) is 38.3 Å². The van der Waals surface area contributed by atoms with Crippen molar-refractivity contribution in [3.8, 4) is 0 Å². The highest BCUT2D eigenvalue weighted by Gasteiger charge is 2.29. The Bertz CT molecular complexity index is 773. The summed E-state index contributed by atoms with van der Waals surface area (Å²) in [5.41, 5.74) is -0.328. The summed E-state index contributed by atoms with van der Waals surface area (Å²) in [6, 6.07) is 0. The molecule has 0 atom stereocenters. The molecule has 0 saturated carbocycles. The molecule has 1 aromatic rings. The number of rotatable bonds is 8. The second-order valence-electron chi connectivity index (χ2n) is 6.56. The Kier molecular flexibility index (Phi) is 8.44. The van der Waals surface area contributed by atoms with Crippen molar-refractivity contribution in [3.05, 3.63) is 66.0 Å². The van der Waals surface area contributed by atoms with Crippen LogP contribution in [0.25, 0.3) is 0 Å². The van der Waals surface area contributed by atoms with Gasteiger partial charge in [0.2, 0.25) is 5.82 Å². The van der Waals surface area contributed by atoms with E-state index in [-0.39, 0.29) is 18.5 Å². The minimum Gasteiger partial charge on any atom is -0.459 e. The van der Waals surface area contributed by atoms with Crippen LogP contribution in [0.1, 0.15) is 20.8 Å². The minimum atomic E-state index is -2.25. The van der Waals surface area contributed by atoms with Crippen molar-refractivity contribution in [2.24, 2.45) is 0 Å². The lowest BCUT2D eigenvalue weighted by Crippen LogP contribution is -2.32. The summed E-state index contributed by atoms with van der Waals surface area (Å²) >= 11 is 0.216. The number of hydrogen-bond acceptors (Lipinski definition) is 4. The van der Waals surface area contributed by atoms with E-state index in [1.807, 2.05) is 0 Å². The molecule has 0 N–H and O–H groups in total. The maximum Gasteiger partial charge on any atom is 0.321 e. The molecule has 0 fully saturated rings. The average Bonchev–Trinajstić information content (AvgIpc) is 2.59. The zero-order chi connectivity index (χ0) is 21.6. The van der Waals surface area contributed by atoms with E-state index >= 15 is 0 Å². The third kappa shape index (κ3) is 6.49. The summed E-state index contributed by atoms with van der Waals surface area (Å²) in [4.78, 5) is 11.0.